The molecule has 0 spiro atoms. The Balaban J connectivity index is 2.49. The molecule has 0 atom stereocenters. The van der Waals surface area contributed by atoms with E-state index in [2.05, 4.69) is 15.0 Å². The molecule has 0 fully saturated rings. The molecule has 1 heterocycles. The van der Waals surface area contributed by atoms with E-state index in [4.69, 9.17) is 22.1 Å². The summed E-state index contributed by atoms with van der Waals surface area (Å²) in [4.78, 5) is 11.7. The number of halogens is 1. The number of nitrogens with zero attached hydrogens (tertiary/aromatic N) is 3. The number of aromatic nitrogens is 3. The highest BCUT2D eigenvalue weighted by molar-refractivity contribution is 6.28. The molecule has 1 aromatic heterocycles. The standard InChI is InChI=1S/C10H9ClN4O/c1-16-7-4-2-3-6(5-7)8-13-9(11)15-10(12)14-8/h2-5H,1H3,(H2,12,13,14,15). The largest absolute Gasteiger partial charge is 0.497 e. The van der Waals surface area contributed by atoms with E-state index in [1.165, 1.54) is 0 Å². The summed E-state index contributed by atoms with van der Waals surface area (Å²) in [6, 6.07) is 7.30. The molecule has 2 rings (SSSR count). The van der Waals surface area contributed by atoms with Crippen LogP contribution in [0.15, 0.2) is 24.3 Å². The summed E-state index contributed by atoms with van der Waals surface area (Å²) in [5.74, 6) is 1.24. The van der Waals surface area contributed by atoms with Crippen molar-refractivity contribution in [1.29, 1.82) is 0 Å². The normalized spacial score (nSPS) is 10.1. The molecule has 0 aliphatic heterocycles. The Hall–Kier alpha value is -1.88. The predicted octanol–water partition coefficient (Wildman–Crippen LogP) is 1.78. The molecule has 0 bridgehead atoms. The molecule has 0 saturated carbocycles. The summed E-state index contributed by atoms with van der Waals surface area (Å²) in [6.45, 7) is 0. The number of hydrogen-bond donors (Lipinski definition) is 1. The van der Waals surface area contributed by atoms with E-state index >= 15 is 0 Å². The molecule has 0 aliphatic rings. The number of methoxy groups -OCH3 is 1. The van der Waals surface area contributed by atoms with Crippen LogP contribution in [0, 0.1) is 0 Å². The van der Waals surface area contributed by atoms with Gasteiger partial charge in [0.05, 0.1) is 7.11 Å². The quantitative estimate of drug-likeness (QED) is 0.860. The Morgan fingerprint density at radius 2 is 2.06 bits per heavy atom. The van der Waals surface area contributed by atoms with Crippen LogP contribution in [0.5, 0.6) is 5.75 Å². The molecule has 2 N–H and O–H groups in total. The SMILES string of the molecule is COc1cccc(-c2nc(N)nc(Cl)n2)c1. The van der Waals surface area contributed by atoms with Crippen molar-refractivity contribution < 1.29 is 4.74 Å². The predicted molar refractivity (Wildman–Crippen MR) is 61.2 cm³/mol. The second-order valence-corrected chi connectivity index (χ2v) is 3.36. The van der Waals surface area contributed by atoms with Crippen molar-refractivity contribution in [1.82, 2.24) is 15.0 Å². The Kier molecular flexibility index (Phi) is 2.87. The van der Waals surface area contributed by atoms with E-state index < -0.39 is 0 Å². The lowest BCUT2D eigenvalue weighted by Gasteiger charge is -2.03. The minimum absolute atomic E-state index is 0.0744. The van der Waals surface area contributed by atoms with Gasteiger partial charge in [0.1, 0.15) is 5.75 Å². The third kappa shape index (κ3) is 2.20. The smallest absolute Gasteiger partial charge is 0.227 e. The van der Waals surface area contributed by atoms with E-state index in [1.807, 2.05) is 18.2 Å². The molecule has 0 unspecified atom stereocenters. The first-order chi connectivity index (χ1) is 7.69. The van der Waals surface area contributed by atoms with E-state index in [0.29, 0.717) is 11.6 Å². The topological polar surface area (TPSA) is 73.9 Å². The molecule has 1 aromatic carbocycles. The third-order valence-electron chi connectivity index (χ3n) is 1.95. The fraction of sp³-hybridized carbons (Fsp3) is 0.100. The summed E-state index contributed by atoms with van der Waals surface area (Å²) in [7, 11) is 1.59. The lowest BCUT2D eigenvalue weighted by molar-refractivity contribution is 0.415. The van der Waals surface area contributed by atoms with Gasteiger partial charge in [0, 0.05) is 5.56 Å². The molecule has 0 radical (unpaired) electrons. The van der Waals surface area contributed by atoms with Crippen molar-refractivity contribution in [3.63, 3.8) is 0 Å². The second-order valence-electron chi connectivity index (χ2n) is 3.02. The number of nitrogens with two attached hydrogens (primary N) is 1. The fourth-order valence-electron chi connectivity index (χ4n) is 1.26. The van der Waals surface area contributed by atoms with Gasteiger partial charge in [-0.2, -0.15) is 15.0 Å². The Bertz CT molecular complexity index is 498. The number of rotatable bonds is 2. The van der Waals surface area contributed by atoms with Crippen molar-refractivity contribution in [2.24, 2.45) is 0 Å². The van der Waals surface area contributed by atoms with Crippen LogP contribution in [0.4, 0.5) is 5.95 Å². The third-order valence-corrected chi connectivity index (χ3v) is 2.12. The van der Waals surface area contributed by atoms with Gasteiger partial charge in [0.25, 0.3) is 0 Å². The second kappa shape index (κ2) is 4.32. The Morgan fingerprint density at radius 3 is 2.75 bits per heavy atom. The van der Waals surface area contributed by atoms with E-state index in [-0.39, 0.29) is 11.2 Å². The van der Waals surface area contributed by atoms with E-state index in [1.54, 1.807) is 13.2 Å². The van der Waals surface area contributed by atoms with Gasteiger partial charge in [0.15, 0.2) is 5.82 Å². The highest BCUT2D eigenvalue weighted by Crippen LogP contribution is 2.21. The molecular formula is C10H9ClN4O. The average molecular weight is 237 g/mol. The van der Waals surface area contributed by atoms with Crippen molar-refractivity contribution >= 4 is 17.5 Å². The summed E-state index contributed by atoms with van der Waals surface area (Å²) in [6.07, 6.45) is 0. The van der Waals surface area contributed by atoms with Gasteiger partial charge in [-0.3, -0.25) is 0 Å². The van der Waals surface area contributed by atoms with E-state index in [0.717, 1.165) is 5.56 Å². The van der Waals surface area contributed by atoms with Crippen LogP contribution >= 0.6 is 11.6 Å². The first-order valence-electron chi connectivity index (χ1n) is 4.50. The Morgan fingerprint density at radius 1 is 1.25 bits per heavy atom. The van der Waals surface area contributed by atoms with Gasteiger partial charge in [0.2, 0.25) is 11.2 Å². The first-order valence-corrected chi connectivity index (χ1v) is 4.88. The lowest BCUT2D eigenvalue weighted by Crippen LogP contribution is -1.99. The van der Waals surface area contributed by atoms with E-state index in [9.17, 15) is 0 Å². The summed E-state index contributed by atoms with van der Waals surface area (Å²) >= 11 is 5.70. The van der Waals surface area contributed by atoms with Crippen LogP contribution in [-0.2, 0) is 0 Å². The average Bonchev–Trinajstić information content (AvgIpc) is 2.28. The van der Waals surface area contributed by atoms with Crippen molar-refractivity contribution in [3.8, 4) is 17.1 Å². The monoisotopic (exact) mass is 236 g/mol. The number of hydrogen-bond acceptors (Lipinski definition) is 5. The molecular weight excluding hydrogens is 228 g/mol. The van der Waals surface area contributed by atoms with Gasteiger partial charge >= 0.3 is 0 Å². The van der Waals surface area contributed by atoms with Gasteiger partial charge in [-0.15, -0.1) is 0 Å². The maximum atomic E-state index is 5.70. The zero-order chi connectivity index (χ0) is 11.5. The van der Waals surface area contributed by atoms with Gasteiger partial charge in [-0.05, 0) is 23.7 Å². The zero-order valence-corrected chi connectivity index (χ0v) is 9.27. The summed E-state index contributed by atoms with van der Waals surface area (Å²) in [5.41, 5.74) is 6.26. The number of nitrogen functional groups attached to an aromatic ring is 1. The first kappa shape index (κ1) is 10.6. The molecule has 82 valence electrons. The highest BCUT2D eigenvalue weighted by Gasteiger charge is 2.06. The lowest BCUT2D eigenvalue weighted by atomic mass is 10.2. The fourth-order valence-corrected chi connectivity index (χ4v) is 1.42. The molecule has 16 heavy (non-hydrogen) atoms. The molecule has 6 heteroatoms. The van der Waals surface area contributed by atoms with Crippen LogP contribution in [0.25, 0.3) is 11.4 Å². The van der Waals surface area contributed by atoms with Gasteiger partial charge in [-0.1, -0.05) is 12.1 Å². The summed E-state index contributed by atoms with van der Waals surface area (Å²) < 4.78 is 5.10. The van der Waals surface area contributed by atoms with Crippen LogP contribution in [0.1, 0.15) is 0 Å². The van der Waals surface area contributed by atoms with Crippen LogP contribution < -0.4 is 10.5 Å². The van der Waals surface area contributed by atoms with Crippen molar-refractivity contribution in [2.45, 2.75) is 0 Å². The molecule has 2 aromatic rings. The molecule has 5 nitrogen and oxygen atoms in total. The van der Waals surface area contributed by atoms with Crippen molar-refractivity contribution in [3.05, 3.63) is 29.5 Å². The van der Waals surface area contributed by atoms with Crippen molar-refractivity contribution in [2.75, 3.05) is 12.8 Å². The minimum Gasteiger partial charge on any atom is -0.497 e. The van der Waals surface area contributed by atoms with Gasteiger partial charge in [-0.25, -0.2) is 0 Å². The number of anilines is 1. The zero-order valence-electron chi connectivity index (χ0n) is 8.51. The number of benzene rings is 1. The van der Waals surface area contributed by atoms with Gasteiger partial charge < -0.3 is 10.5 Å². The Labute approximate surface area is 97.3 Å². The maximum absolute atomic E-state index is 5.70. The molecule has 0 amide bonds. The minimum atomic E-state index is 0.0744. The van der Waals surface area contributed by atoms with Crippen LogP contribution in [0.2, 0.25) is 5.28 Å². The van der Waals surface area contributed by atoms with Crippen LogP contribution in [-0.4, -0.2) is 22.1 Å². The summed E-state index contributed by atoms with van der Waals surface area (Å²) in [5, 5.41) is 0.0744. The number of ether oxygens (including phenoxy) is 1. The molecule has 0 aliphatic carbocycles. The van der Waals surface area contributed by atoms with Crippen LogP contribution in [0.3, 0.4) is 0 Å². The molecule has 0 saturated heterocycles. The highest BCUT2D eigenvalue weighted by atomic mass is 35.5. The maximum Gasteiger partial charge on any atom is 0.227 e.